The summed E-state index contributed by atoms with van der Waals surface area (Å²) in [4.78, 5) is 17.0. The average molecular weight is 418 g/mol. The number of likely N-dealkylation sites (N-methyl/N-ethyl adjacent to an activating group) is 1. The molecule has 1 N–H and O–H groups in total. The Kier molecular flexibility index (Phi) is 6.16. The van der Waals surface area contributed by atoms with Crippen LogP contribution >= 0.6 is 15.9 Å². The molecule has 0 aromatic heterocycles. The van der Waals surface area contributed by atoms with Gasteiger partial charge in [0.15, 0.2) is 0 Å². The molecule has 1 aliphatic heterocycles. The van der Waals surface area contributed by atoms with E-state index in [0.717, 1.165) is 53.3 Å². The van der Waals surface area contributed by atoms with Crippen LogP contribution in [0.25, 0.3) is 0 Å². The predicted molar refractivity (Wildman–Crippen MR) is 109 cm³/mol. The third-order valence-corrected chi connectivity index (χ3v) is 5.11. The van der Waals surface area contributed by atoms with Crippen molar-refractivity contribution in [2.24, 2.45) is 0 Å². The summed E-state index contributed by atoms with van der Waals surface area (Å²) in [5.74, 6) is 0.808. The second kappa shape index (κ2) is 8.56. The number of carbonyl (C=O) groups is 1. The molecule has 2 aromatic carbocycles. The third-order valence-electron chi connectivity index (χ3n) is 4.58. The monoisotopic (exact) mass is 417 g/mol. The molecule has 0 unspecified atom stereocenters. The van der Waals surface area contributed by atoms with E-state index in [9.17, 15) is 4.79 Å². The molecule has 26 heavy (non-hydrogen) atoms. The zero-order valence-corrected chi connectivity index (χ0v) is 16.8. The summed E-state index contributed by atoms with van der Waals surface area (Å²) in [5.41, 5.74) is 2.81. The number of hydrogen-bond acceptors (Lipinski definition) is 4. The van der Waals surface area contributed by atoms with Gasteiger partial charge in [0.2, 0.25) is 5.91 Å². The van der Waals surface area contributed by atoms with E-state index in [2.05, 4.69) is 38.1 Å². The fourth-order valence-corrected chi connectivity index (χ4v) is 3.32. The molecule has 1 fully saturated rings. The maximum atomic E-state index is 12.4. The second-order valence-corrected chi connectivity index (χ2v) is 7.44. The van der Waals surface area contributed by atoms with Crippen molar-refractivity contribution in [3.63, 3.8) is 0 Å². The topological polar surface area (TPSA) is 44.8 Å². The van der Waals surface area contributed by atoms with Crippen LogP contribution in [0.3, 0.4) is 0 Å². The Balaban J connectivity index is 1.70. The number of piperazine rings is 1. The zero-order chi connectivity index (χ0) is 18.5. The van der Waals surface area contributed by atoms with Crippen LogP contribution in [0.4, 0.5) is 11.4 Å². The zero-order valence-electron chi connectivity index (χ0n) is 15.2. The number of nitrogens with one attached hydrogen (secondary N) is 1. The summed E-state index contributed by atoms with van der Waals surface area (Å²) in [6, 6.07) is 13.6. The Labute approximate surface area is 163 Å². The molecule has 1 saturated heterocycles. The van der Waals surface area contributed by atoms with Crippen molar-refractivity contribution in [1.29, 1.82) is 0 Å². The van der Waals surface area contributed by atoms with Gasteiger partial charge in [0.25, 0.3) is 0 Å². The second-order valence-electron chi connectivity index (χ2n) is 6.53. The number of hydrogen-bond donors (Lipinski definition) is 1. The number of ether oxygens (including phenoxy) is 1. The molecule has 0 spiro atoms. The van der Waals surface area contributed by atoms with Crippen LogP contribution in [0.1, 0.15) is 5.56 Å². The number of nitrogens with zero attached hydrogens (tertiary/aromatic N) is 2. The lowest BCUT2D eigenvalue weighted by Gasteiger charge is -2.34. The quantitative estimate of drug-likeness (QED) is 0.809. The van der Waals surface area contributed by atoms with Gasteiger partial charge >= 0.3 is 0 Å². The molecule has 1 heterocycles. The highest BCUT2D eigenvalue weighted by Gasteiger charge is 2.18. The minimum Gasteiger partial charge on any atom is -0.495 e. The Morgan fingerprint density at radius 3 is 2.46 bits per heavy atom. The first-order valence-electron chi connectivity index (χ1n) is 8.71. The number of carbonyl (C=O) groups excluding carboxylic acids is 1. The lowest BCUT2D eigenvalue weighted by molar-refractivity contribution is -0.115. The van der Waals surface area contributed by atoms with Crippen molar-refractivity contribution >= 4 is 33.2 Å². The average Bonchev–Trinajstić information content (AvgIpc) is 2.64. The number of methoxy groups -OCH3 is 1. The largest absolute Gasteiger partial charge is 0.495 e. The Hall–Kier alpha value is -2.05. The van der Waals surface area contributed by atoms with Crippen molar-refractivity contribution < 1.29 is 9.53 Å². The Morgan fingerprint density at radius 1 is 1.12 bits per heavy atom. The van der Waals surface area contributed by atoms with Gasteiger partial charge < -0.3 is 19.9 Å². The number of anilines is 2. The molecular weight excluding hydrogens is 394 g/mol. The van der Waals surface area contributed by atoms with E-state index in [1.165, 1.54) is 0 Å². The third kappa shape index (κ3) is 4.77. The lowest BCUT2D eigenvalue weighted by Crippen LogP contribution is -2.44. The highest BCUT2D eigenvalue weighted by atomic mass is 79.9. The molecule has 0 atom stereocenters. The first-order valence-corrected chi connectivity index (χ1v) is 9.50. The standard InChI is InChI=1S/C20H24BrN3O2/c1-23-9-11-24(12-10-23)18-14-17(7-8-19(18)26-2)22-20(25)13-15-3-5-16(21)6-4-15/h3-8,14H,9-13H2,1-2H3,(H,22,25). The molecule has 5 nitrogen and oxygen atoms in total. The molecule has 138 valence electrons. The van der Waals surface area contributed by atoms with Crippen LogP contribution < -0.4 is 15.0 Å². The first-order chi connectivity index (χ1) is 12.5. The summed E-state index contributed by atoms with van der Waals surface area (Å²) in [5, 5.41) is 3.00. The van der Waals surface area contributed by atoms with E-state index in [0.29, 0.717) is 6.42 Å². The van der Waals surface area contributed by atoms with Crippen molar-refractivity contribution in [2.75, 3.05) is 50.6 Å². The summed E-state index contributed by atoms with van der Waals surface area (Å²) >= 11 is 3.41. The fourth-order valence-electron chi connectivity index (χ4n) is 3.06. The minimum absolute atomic E-state index is 0.0261. The van der Waals surface area contributed by atoms with Crippen molar-refractivity contribution in [1.82, 2.24) is 4.90 Å². The molecular formula is C20H24BrN3O2. The Morgan fingerprint density at radius 2 is 1.81 bits per heavy atom. The van der Waals surface area contributed by atoms with E-state index in [1.807, 2.05) is 42.5 Å². The van der Waals surface area contributed by atoms with Crippen LogP contribution in [0.5, 0.6) is 5.75 Å². The highest BCUT2D eigenvalue weighted by Crippen LogP contribution is 2.32. The molecule has 0 bridgehead atoms. The molecule has 3 rings (SSSR count). The van der Waals surface area contributed by atoms with Gasteiger partial charge in [-0.15, -0.1) is 0 Å². The fraction of sp³-hybridized carbons (Fsp3) is 0.350. The Bertz CT molecular complexity index is 756. The van der Waals surface area contributed by atoms with Crippen LogP contribution in [0, 0.1) is 0 Å². The van der Waals surface area contributed by atoms with Crippen LogP contribution in [0.2, 0.25) is 0 Å². The van der Waals surface area contributed by atoms with E-state index in [1.54, 1.807) is 7.11 Å². The number of rotatable bonds is 5. The maximum Gasteiger partial charge on any atom is 0.228 e. The number of amides is 1. The first kappa shape index (κ1) is 18.7. The minimum atomic E-state index is -0.0261. The molecule has 1 aliphatic rings. The lowest BCUT2D eigenvalue weighted by atomic mass is 10.1. The van der Waals surface area contributed by atoms with Gasteiger partial charge in [-0.05, 0) is 42.9 Å². The summed E-state index contributed by atoms with van der Waals surface area (Å²) in [6.45, 7) is 3.93. The van der Waals surface area contributed by atoms with E-state index in [-0.39, 0.29) is 5.91 Å². The van der Waals surface area contributed by atoms with Crippen LogP contribution in [-0.2, 0) is 11.2 Å². The smallest absolute Gasteiger partial charge is 0.228 e. The normalized spacial score (nSPS) is 15.0. The highest BCUT2D eigenvalue weighted by molar-refractivity contribution is 9.10. The van der Waals surface area contributed by atoms with Crippen LogP contribution in [0.15, 0.2) is 46.9 Å². The SMILES string of the molecule is COc1ccc(NC(=O)Cc2ccc(Br)cc2)cc1N1CCN(C)CC1. The summed E-state index contributed by atoms with van der Waals surface area (Å²) in [7, 11) is 3.81. The van der Waals surface area contributed by atoms with Crippen molar-refractivity contribution in [3.05, 3.63) is 52.5 Å². The van der Waals surface area contributed by atoms with Gasteiger partial charge in [-0.25, -0.2) is 0 Å². The van der Waals surface area contributed by atoms with Gasteiger partial charge in [-0.2, -0.15) is 0 Å². The van der Waals surface area contributed by atoms with Gasteiger partial charge in [-0.1, -0.05) is 28.1 Å². The number of benzene rings is 2. The van der Waals surface area contributed by atoms with Crippen molar-refractivity contribution in [3.8, 4) is 5.75 Å². The summed E-state index contributed by atoms with van der Waals surface area (Å²) < 4.78 is 6.53. The van der Waals surface area contributed by atoms with Gasteiger partial charge in [0.1, 0.15) is 5.75 Å². The maximum absolute atomic E-state index is 12.4. The van der Waals surface area contributed by atoms with Gasteiger partial charge in [-0.3, -0.25) is 4.79 Å². The molecule has 0 aliphatic carbocycles. The van der Waals surface area contributed by atoms with E-state index in [4.69, 9.17) is 4.74 Å². The van der Waals surface area contributed by atoms with E-state index >= 15 is 0 Å². The summed E-state index contributed by atoms with van der Waals surface area (Å²) in [6.07, 6.45) is 0.350. The predicted octanol–water partition coefficient (Wildman–Crippen LogP) is 3.39. The van der Waals surface area contributed by atoms with E-state index < -0.39 is 0 Å². The molecule has 0 saturated carbocycles. The van der Waals surface area contributed by atoms with Gasteiger partial charge in [0, 0.05) is 36.3 Å². The van der Waals surface area contributed by atoms with Gasteiger partial charge in [0.05, 0.1) is 19.2 Å². The molecule has 1 amide bonds. The van der Waals surface area contributed by atoms with Crippen molar-refractivity contribution in [2.45, 2.75) is 6.42 Å². The molecule has 0 radical (unpaired) electrons. The number of halogens is 1. The molecule has 6 heteroatoms. The van der Waals surface area contributed by atoms with Crippen LogP contribution in [-0.4, -0.2) is 51.1 Å². The molecule has 2 aromatic rings.